The largest absolute Gasteiger partial charge is 0.458 e. The number of carbonyl (C=O) groups is 3. The molecule has 11 heteroatoms. The third-order valence-corrected chi connectivity index (χ3v) is 7.42. The molecular formula is C28H42O11. The minimum absolute atomic E-state index is 0.116. The van der Waals surface area contributed by atoms with Gasteiger partial charge in [0.05, 0.1) is 24.9 Å². The van der Waals surface area contributed by atoms with Gasteiger partial charge in [-0.1, -0.05) is 19.9 Å². The molecular weight excluding hydrogens is 512 g/mol. The number of carbonyl (C=O) groups excluding carboxylic acids is 3. The third-order valence-electron chi connectivity index (χ3n) is 7.42. The molecule has 0 radical (unpaired) electrons. The summed E-state index contributed by atoms with van der Waals surface area (Å²) >= 11 is 0. The molecule has 2 aliphatic carbocycles. The van der Waals surface area contributed by atoms with Crippen LogP contribution in [0.5, 0.6) is 0 Å². The average molecular weight is 555 g/mol. The molecule has 7 atom stereocenters. The van der Waals surface area contributed by atoms with Crippen molar-refractivity contribution in [1.82, 2.24) is 0 Å². The SMILES string of the molecule is CC(=O)OC1=C(C)C(OC(C)=O)CC(O)C(CO)=CC(OC(C)O)C2CC(O)C(C)=C(C1OC(C)=O)C2(C)C. The number of rotatable bonds is 6. The smallest absolute Gasteiger partial charge is 0.307 e. The van der Waals surface area contributed by atoms with Gasteiger partial charge in [-0.2, -0.15) is 0 Å². The minimum atomic E-state index is -1.34. The normalized spacial score (nSPS) is 30.4. The van der Waals surface area contributed by atoms with Crippen LogP contribution >= 0.6 is 0 Å². The van der Waals surface area contributed by atoms with Gasteiger partial charge in [-0.3, -0.25) is 14.4 Å². The molecule has 2 bridgehead atoms. The van der Waals surface area contributed by atoms with Crippen LogP contribution in [0.3, 0.4) is 0 Å². The highest BCUT2D eigenvalue weighted by Crippen LogP contribution is 2.51. The Kier molecular flexibility index (Phi) is 11.0. The van der Waals surface area contributed by atoms with Gasteiger partial charge in [0.25, 0.3) is 0 Å². The molecule has 0 saturated heterocycles. The van der Waals surface area contributed by atoms with E-state index in [0.29, 0.717) is 11.1 Å². The van der Waals surface area contributed by atoms with Crippen LogP contribution in [0.4, 0.5) is 0 Å². The number of aliphatic hydroxyl groups is 4. The number of ether oxygens (including phenoxy) is 4. The molecule has 11 nitrogen and oxygen atoms in total. The van der Waals surface area contributed by atoms with Crippen LogP contribution in [-0.2, 0) is 33.3 Å². The molecule has 39 heavy (non-hydrogen) atoms. The molecule has 220 valence electrons. The Labute approximate surface area is 229 Å². The lowest BCUT2D eigenvalue weighted by molar-refractivity contribution is -0.154. The third kappa shape index (κ3) is 7.76. The standard InChI is InChI=1S/C28H42O11/c1-13-21(34)10-20-24(37-16(4)31)9-19(12-29)22(35)11-23(36-15(3)30)14(2)26(38-17(5)32)27(39-18(6)33)25(13)28(20,7)8/h9,16,20-24,27,29,31,34-35H,10-12H2,1-8H3. The van der Waals surface area contributed by atoms with Gasteiger partial charge < -0.3 is 39.4 Å². The summed E-state index contributed by atoms with van der Waals surface area (Å²) in [5, 5.41) is 42.6. The summed E-state index contributed by atoms with van der Waals surface area (Å²) in [7, 11) is 0. The van der Waals surface area contributed by atoms with Crippen molar-refractivity contribution in [1.29, 1.82) is 0 Å². The second kappa shape index (κ2) is 13.2. The second-order valence-electron chi connectivity index (χ2n) is 10.8. The Morgan fingerprint density at radius 1 is 0.974 bits per heavy atom. The Hall–Kier alpha value is -2.57. The average Bonchev–Trinajstić information content (AvgIpc) is 2.79. The van der Waals surface area contributed by atoms with Crippen LogP contribution in [0.25, 0.3) is 0 Å². The Balaban J connectivity index is 3.04. The van der Waals surface area contributed by atoms with Crippen LogP contribution in [0.1, 0.15) is 68.2 Å². The maximum Gasteiger partial charge on any atom is 0.307 e. The lowest BCUT2D eigenvalue weighted by Gasteiger charge is -2.48. The molecule has 2 rings (SSSR count). The topological polar surface area (TPSA) is 169 Å². The summed E-state index contributed by atoms with van der Waals surface area (Å²) < 4.78 is 22.7. The maximum atomic E-state index is 12.4. The van der Waals surface area contributed by atoms with Crippen molar-refractivity contribution in [3.05, 3.63) is 34.1 Å². The first-order chi connectivity index (χ1) is 18.0. The van der Waals surface area contributed by atoms with Crippen LogP contribution in [0, 0.1) is 11.3 Å². The van der Waals surface area contributed by atoms with Crippen molar-refractivity contribution in [2.45, 2.75) is 105 Å². The summed E-state index contributed by atoms with van der Waals surface area (Å²) in [5.41, 5.74) is 0.358. The number of aliphatic hydroxyl groups excluding tert-OH is 4. The van der Waals surface area contributed by atoms with Gasteiger partial charge >= 0.3 is 17.9 Å². The molecule has 0 aromatic carbocycles. The van der Waals surface area contributed by atoms with E-state index in [2.05, 4.69) is 0 Å². The molecule has 0 aliphatic heterocycles. The Morgan fingerprint density at radius 3 is 2.05 bits per heavy atom. The minimum Gasteiger partial charge on any atom is -0.458 e. The van der Waals surface area contributed by atoms with Crippen molar-refractivity contribution in [2.24, 2.45) is 11.3 Å². The molecule has 2 aliphatic rings. The highest BCUT2D eigenvalue weighted by atomic mass is 16.6. The quantitative estimate of drug-likeness (QED) is 0.163. The van der Waals surface area contributed by atoms with Gasteiger partial charge in [0.2, 0.25) is 0 Å². The number of esters is 3. The summed E-state index contributed by atoms with van der Waals surface area (Å²) in [6.07, 6.45) is -5.52. The molecule has 0 fully saturated rings. The van der Waals surface area contributed by atoms with Crippen LogP contribution in [-0.4, -0.2) is 81.8 Å². The first-order valence-electron chi connectivity index (χ1n) is 13.0. The Bertz CT molecular complexity index is 1040. The number of hydrogen-bond donors (Lipinski definition) is 4. The molecule has 7 unspecified atom stereocenters. The van der Waals surface area contributed by atoms with E-state index in [0.717, 1.165) is 0 Å². The van der Waals surface area contributed by atoms with E-state index in [1.807, 2.05) is 13.8 Å². The molecule has 0 aromatic heterocycles. The van der Waals surface area contributed by atoms with Gasteiger partial charge in [0.1, 0.15) is 6.10 Å². The fourth-order valence-electron chi connectivity index (χ4n) is 5.58. The predicted molar refractivity (Wildman–Crippen MR) is 139 cm³/mol. The first-order valence-corrected chi connectivity index (χ1v) is 13.0. The first kappa shape index (κ1) is 32.6. The summed E-state index contributed by atoms with van der Waals surface area (Å²) in [5.74, 6) is -2.78. The number of hydrogen-bond acceptors (Lipinski definition) is 11. The van der Waals surface area contributed by atoms with E-state index in [1.54, 1.807) is 6.92 Å². The van der Waals surface area contributed by atoms with E-state index >= 15 is 0 Å². The zero-order chi connectivity index (χ0) is 29.8. The zero-order valence-corrected chi connectivity index (χ0v) is 23.9. The summed E-state index contributed by atoms with van der Waals surface area (Å²) in [4.78, 5) is 36.7. The van der Waals surface area contributed by atoms with Crippen LogP contribution < -0.4 is 0 Å². The molecule has 4 N–H and O–H groups in total. The van der Waals surface area contributed by atoms with Crippen LogP contribution in [0.15, 0.2) is 34.1 Å². The van der Waals surface area contributed by atoms with E-state index in [4.69, 9.17) is 18.9 Å². The van der Waals surface area contributed by atoms with Gasteiger partial charge in [-0.15, -0.1) is 0 Å². The van der Waals surface area contributed by atoms with E-state index in [1.165, 1.54) is 40.7 Å². The highest BCUT2D eigenvalue weighted by Gasteiger charge is 2.50. The maximum absolute atomic E-state index is 12.4. The Morgan fingerprint density at radius 2 is 1.56 bits per heavy atom. The zero-order valence-electron chi connectivity index (χ0n) is 23.9. The van der Waals surface area contributed by atoms with E-state index < -0.39 is 72.7 Å². The lowest BCUT2D eigenvalue weighted by atomic mass is 9.60. The summed E-state index contributed by atoms with van der Waals surface area (Å²) in [6, 6.07) is 0. The van der Waals surface area contributed by atoms with Crippen molar-refractivity contribution in [2.75, 3.05) is 6.61 Å². The fourth-order valence-corrected chi connectivity index (χ4v) is 5.58. The molecule has 0 spiro atoms. The van der Waals surface area contributed by atoms with Crippen molar-refractivity contribution in [3.8, 4) is 0 Å². The van der Waals surface area contributed by atoms with Gasteiger partial charge in [-0.25, -0.2) is 0 Å². The van der Waals surface area contributed by atoms with Crippen LogP contribution in [0.2, 0.25) is 0 Å². The van der Waals surface area contributed by atoms with Gasteiger partial charge in [0.15, 0.2) is 18.2 Å². The van der Waals surface area contributed by atoms with Gasteiger partial charge in [0, 0.05) is 38.7 Å². The number of fused-ring (bicyclic) bond motifs is 2. The van der Waals surface area contributed by atoms with Crippen molar-refractivity contribution < 1.29 is 53.8 Å². The predicted octanol–water partition coefficient (Wildman–Crippen LogP) is 1.82. The molecule has 0 amide bonds. The molecule has 0 saturated carbocycles. The highest BCUT2D eigenvalue weighted by molar-refractivity contribution is 5.70. The molecule has 0 heterocycles. The van der Waals surface area contributed by atoms with Crippen molar-refractivity contribution >= 4 is 17.9 Å². The second-order valence-corrected chi connectivity index (χ2v) is 10.8. The lowest BCUT2D eigenvalue weighted by Crippen LogP contribution is -2.48. The van der Waals surface area contributed by atoms with Crippen molar-refractivity contribution in [3.63, 3.8) is 0 Å². The molecule has 0 aromatic rings. The van der Waals surface area contributed by atoms with Gasteiger partial charge in [-0.05, 0) is 49.3 Å². The van der Waals surface area contributed by atoms with E-state index in [-0.39, 0.29) is 29.7 Å². The van der Waals surface area contributed by atoms with E-state index in [9.17, 15) is 34.8 Å². The monoisotopic (exact) mass is 554 g/mol. The fraction of sp³-hybridized carbons (Fsp3) is 0.679. The summed E-state index contributed by atoms with van der Waals surface area (Å²) in [6.45, 7) is 11.3.